The molecule has 0 aliphatic carbocycles. The molecule has 0 aromatic carbocycles. The van der Waals surface area contributed by atoms with Gasteiger partial charge in [0.1, 0.15) is 11.9 Å². The number of phosphoric ester groups is 1. The summed E-state index contributed by atoms with van der Waals surface area (Å²) < 4.78 is 23.2. The second-order valence-electron chi connectivity index (χ2n) is 2.25. The van der Waals surface area contributed by atoms with Crippen LogP contribution < -0.4 is 172 Å². The van der Waals surface area contributed by atoms with E-state index in [9.17, 15) is 38.6 Å². The number of aliphatic hydroxyl groups is 1. The smallest absolute Gasteiger partial charge is 0.809 e. The molecular weight excluding hydrogens is 373 g/mol. The van der Waals surface area contributed by atoms with Gasteiger partial charge in [-0.1, -0.05) is 0 Å². The first-order chi connectivity index (χ1) is 6.45. The Balaban J connectivity index is -0.0000000980. The summed E-state index contributed by atoms with van der Waals surface area (Å²) in [6.07, 6.45) is -3.08. The molecule has 90 valence electrons. The minimum atomic E-state index is -5.88. The number of carbonyl (C=O) groups excluding carboxylic acids is 1. The maximum Gasteiger partial charge on any atom is 1.00 e. The van der Waals surface area contributed by atoms with E-state index in [1.54, 1.807) is 0 Å². The predicted octanol–water partition coefficient (Wildman–Crippen LogP) is -20.8. The molecule has 0 aromatic rings. The normalized spacial score (nSPS) is 12.8. The fraction of sp³-hybridized carbons (Fsp3) is 0.667. The standard InChI is InChI=1S/C3H8O10P2.5Na/c4-2(5)1(13-15(10,11)12)3(6)14(7,8)9;;;;;/h1,3,6H,(H,4,5)(H2,7,8,9)(H2,10,11,12);;;;;/q;5*+1/p-5. The van der Waals surface area contributed by atoms with E-state index in [0.717, 1.165) is 0 Å². The number of carbonyl (C=O) groups is 1. The van der Waals surface area contributed by atoms with E-state index in [1.165, 1.54) is 0 Å². The largest absolute Gasteiger partial charge is 1.00 e. The average Bonchev–Trinajstić information content (AvgIpc) is 1.94. The van der Waals surface area contributed by atoms with Crippen molar-refractivity contribution in [2.75, 3.05) is 0 Å². The Morgan fingerprint density at radius 1 is 0.950 bits per heavy atom. The molecule has 2 unspecified atom stereocenters. The topological polar surface area (TPSA) is 196 Å². The minimum Gasteiger partial charge on any atom is -0.809 e. The predicted molar refractivity (Wildman–Crippen MR) is 31.1 cm³/mol. The molecule has 0 saturated carbocycles. The number of aliphatic carboxylic acids is 1. The van der Waals surface area contributed by atoms with Crippen molar-refractivity contribution in [3.63, 3.8) is 0 Å². The van der Waals surface area contributed by atoms with Crippen molar-refractivity contribution in [1.82, 2.24) is 0 Å². The van der Waals surface area contributed by atoms with Crippen LogP contribution in [-0.2, 0) is 18.4 Å². The molecule has 0 spiro atoms. The van der Waals surface area contributed by atoms with Crippen molar-refractivity contribution in [2.24, 2.45) is 0 Å². The van der Waals surface area contributed by atoms with E-state index >= 15 is 0 Å². The van der Waals surface area contributed by atoms with Crippen LogP contribution in [0.3, 0.4) is 0 Å². The molecule has 10 nitrogen and oxygen atoms in total. The van der Waals surface area contributed by atoms with E-state index < -0.39 is 33.3 Å². The first kappa shape index (κ1) is 39.7. The molecule has 0 bridgehead atoms. The first-order valence-electron chi connectivity index (χ1n) is 3.06. The third-order valence-electron chi connectivity index (χ3n) is 1.07. The van der Waals surface area contributed by atoms with E-state index in [1.807, 2.05) is 0 Å². The van der Waals surface area contributed by atoms with Gasteiger partial charge in [0.15, 0.2) is 0 Å². The molecule has 17 heteroatoms. The number of rotatable bonds is 5. The monoisotopic (exact) mass is 376 g/mol. The van der Waals surface area contributed by atoms with Gasteiger partial charge in [-0.3, -0.25) is 0 Å². The van der Waals surface area contributed by atoms with Crippen molar-refractivity contribution in [2.45, 2.75) is 11.9 Å². The van der Waals surface area contributed by atoms with Gasteiger partial charge in [0.05, 0.1) is 13.8 Å². The van der Waals surface area contributed by atoms with Crippen molar-refractivity contribution in [3.05, 3.63) is 0 Å². The summed E-state index contributed by atoms with van der Waals surface area (Å²) in [4.78, 5) is 50.2. The Bertz CT molecular complexity index is 340. The van der Waals surface area contributed by atoms with E-state index in [0.29, 0.717) is 0 Å². The Morgan fingerprint density at radius 2 is 1.25 bits per heavy atom. The summed E-state index contributed by atoms with van der Waals surface area (Å²) >= 11 is 0. The van der Waals surface area contributed by atoms with Gasteiger partial charge in [-0.2, -0.15) is 0 Å². The van der Waals surface area contributed by atoms with E-state index in [2.05, 4.69) is 4.52 Å². The number of aliphatic hydroxyl groups excluding tert-OH is 1. The number of hydrogen-bond donors (Lipinski definition) is 1. The fourth-order valence-electron chi connectivity index (χ4n) is 0.524. The average molecular weight is 376 g/mol. The zero-order valence-corrected chi connectivity index (χ0v) is 23.5. The summed E-state index contributed by atoms with van der Waals surface area (Å²) in [5.74, 6) is -5.75. The molecule has 0 aliphatic rings. The molecular formula is C3H3Na5O10P2. The maximum atomic E-state index is 10.1. The Hall–Kier alpha value is 4.69. The minimum absolute atomic E-state index is 0. The summed E-state index contributed by atoms with van der Waals surface area (Å²) in [6.45, 7) is 0. The van der Waals surface area contributed by atoms with E-state index in [-0.39, 0.29) is 148 Å². The van der Waals surface area contributed by atoms with Gasteiger partial charge in [0.2, 0.25) is 0 Å². The molecule has 0 amide bonds. The second-order valence-corrected chi connectivity index (χ2v) is 4.96. The molecule has 0 aliphatic heterocycles. The van der Waals surface area contributed by atoms with Gasteiger partial charge in [-0.15, -0.1) is 0 Å². The Kier molecular flexibility index (Phi) is 34.0. The Labute approximate surface area is 225 Å². The van der Waals surface area contributed by atoms with Crippen molar-refractivity contribution in [1.29, 1.82) is 0 Å². The van der Waals surface area contributed by atoms with Gasteiger partial charge in [0, 0.05) is 0 Å². The zero-order chi connectivity index (χ0) is 12.4. The zero-order valence-electron chi connectivity index (χ0n) is 11.7. The summed E-state index contributed by atoms with van der Waals surface area (Å²) in [7, 11) is -11.7. The van der Waals surface area contributed by atoms with Gasteiger partial charge in [-0.25, -0.2) is 0 Å². The summed E-state index contributed by atoms with van der Waals surface area (Å²) in [5, 5.41) is 18.6. The molecule has 0 radical (unpaired) electrons. The van der Waals surface area contributed by atoms with Gasteiger partial charge >= 0.3 is 148 Å². The third kappa shape index (κ3) is 19.0. The molecule has 0 fully saturated rings. The van der Waals surface area contributed by atoms with Crippen LogP contribution in [0.2, 0.25) is 0 Å². The van der Waals surface area contributed by atoms with Crippen LogP contribution in [0.1, 0.15) is 0 Å². The molecule has 0 heterocycles. The van der Waals surface area contributed by atoms with Crippen LogP contribution in [0.15, 0.2) is 0 Å². The van der Waals surface area contributed by atoms with Crippen LogP contribution in [0.4, 0.5) is 0 Å². The quantitative estimate of drug-likeness (QED) is 0.355. The molecule has 0 aromatic heterocycles. The molecule has 0 saturated heterocycles. The number of hydrogen-bond acceptors (Lipinski definition) is 10. The van der Waals surface area contributed by atoms with Crippen LogP contribution in [0, 0.1) is 0 Å². The van der Waals surface area contributed by atoms with Gasteiger partial charge in [0.25, 0.3) is 0 Å². The molecule has 1 N–H and O–H groups in total. The molecule has 0 rings (SSSR count). The maximum absolute atomic E-state index is 10.1. The van der Waals surface area contributed by atoms with Crippen molar-refractivity contribution >= 4 is 21.4 Å². The number of carboxylic acids is 1. The van der Waals surface area contributed by atoms with Gasteiger partial charge < -0.3 is 48.2 Å². The van der Waals surface area contributed by atoms with Crippen LogP contribution in [-0.4, -0.2) is 23.0 Å². The first-order valence-corrected chi connectivity index (χ1v) is 6.13. The van der Waals surface area contributed by atoms with E-state index in [4.69, 9.17) is 5.11 Å². The summed E-state index contributed by atoms with van der Waals surface area (Å²) in [6, 6.07) is 0. The van der Waals surface area contributed by atoms with Crippen molar-refractivity contribution in [3.8, 4) is 0 Å². The second kappa shape index (κ2) is 17.1. The SMILES string of the molecule is O=C([O-])C(OP(=O)([O-])[O-])C(O)P(=O)([O-])[O-].[Na+].[Na+].[Na+].[Na+].[Na+]. The third-order valence-corrected chi connectivity index (χ3v) is 2.47. The van der Waals surface area contributed by atoms with Crippen molar-refractivity contribution < 1.29 is 196 Å². The molecule has 20 heavy (non-hydrogen) atoms. The fourth-order valence-corrected chi connectivity index (χ4v) is 1.61. The summed E-state index contributed by atoms with van der Waals surface area (Å²) in [5.41, 5.74) is 0. The Morgan fingerprint density at radius 3 is 1.40 bits per heavy atom. The van der Waals surface area contributed by atoms with Crippen LogP contribution >= 0.6 is 15.4 Å². The van der Waals surface area contributed by atoms with Crippen LogP contribution in [0.25, 0.3) is 0 Å². The number of carboxylic acid groups (broad SMARTS) is 1. The molecule has 2 atom stereocenters. The number of phosphoric acid groups is 1. The van der Waals surface area contributed by atoms with Gasteiger partial charge in [-0.05, 0) is 7.60 Å². The van der Waals surface area contributed by atoms with Crippen LogP contribution in [0.5, 0.6) is 0 Å².